The van der Waals surface area contributed by atoms with Crippen molar-refractivity contribution in [3.05, 3.63) is 59.7 Å². The highest BCUT2D eigenvalue weighted by Crippen LogP contribution is 2.27. The molecule has 0 aliphatic rings. The van der Waals surface area contributed by atoms with E-state index in [9.17, 15) is 9.18 Å². The molecule has 27 heavy (non-hydrogen) atoms. The molecule has 0 aliphatic heterocycles. The molecule has 1 amide bonds. The molecule has 3 rings (SSSR count). The van der Waals surface area contributed by atoms with Crippen molar-refractivity contribution in [1.82, 2.24) is 15.5 Å². The van der Waals surface area contributed by atoms with E-state index in [2.05, 4.69) is 15.5 Å². The first kappa shape index (κ1) is 18.4. The van der Waals surface area contributed by atoms with Gasteiger partial charge in [0.25, 0.3) is 0 Å². The molecular formula is C19H18FN3O4. The van der Waals surface area contributed by atoms with E-state index < -0.39 is 5.82 Å². The highest BCUT2D eigenvalue weighted by Gasteiger charge is 2.13. The Hall–Kier alpha value is -3.42. The van der Waals surface area contributed by atoms with Crippen LogP contribution in [-0.4, -0.2) is 30.3 Å². The van der Waals surface area contributed by atoms with Gasteiger partial charge in [-0.15, -0.1) is 0 Å². The number of aromatic nitrogens is 2. The third-order valence-electron chi connectivity index (χ3n) is 3.83. The predicted octanol–water partition coefficient (Wildman–Crippen LogP) is 2.75. The molecule has 0 saturated carbocycles. The minimum absolute atomic E-state index is 0.0492. The standard InChI is InChI=1S/C19H18FN3O4/c1-25-15-8-7-12(9-16(15)26-2)10-17(24)21-11-18-22-19(23-27-18)13-5-3-4-6-14(13)20/h3-9H,10-11H2,1-2H3,(H,21,24). The van der Waals surface area contributed by atoms with Crippen LogP contribution in [0.5, 0.6) is 11.5 Å². The number of amides is 1. The summed E-state index contributed by atoms with van der Waals surface area (Å²) in [5.74, 6) is 0.795. The fourth-order valence-electron chi connectivity index (χ4n) is 2.49. The van der Waals surface area contributed by atoms with Crippen LogP contribution in [0.3, 0.4) is 0 Å². The first-order chi connectivity index (χ1) is 13.1. The summed E-state index contributed by atoms with van der Waals surface area (Å²) in [6, 6.07) is 11.4. The molecule has 0 radical (unpaired) electrons. The molecule has 8 heteroatoms. The van der Waals surface area contributed by atoms with E-state index in [1.54, 1.807) is 43.5 Å². The van der Waals surface area contributed by atoms with Crippen LogP contribution < -0.4 is 14.8 Å². The number of ether oxygens (including phenoxy) is 2. The molecule has 0 bridgehead atoms. The molecule has 0 saturated heterocycles. The SMILES string of the molecule is COc1ccc(CC(=O)NCc2nc(-c3ccccc3F)no2)cc1OC. The van der Waals surface area contributed by atoms with Crippen LogP contribution in [-0.2, 0) is 17.8 Å². The number of benzene rings is 2. The minimum atomic E-state index is -0.442. The van der Waals surface area contributed by atoms with Gasteiger partial charge in [0.05, 0.1) is 32.7 Å². The zero-order valence-electron chi connectivity index (χ0n) is 14.9. The van der Waals surface area contributed by atoms with E-state index in [-0.39, 0.29) is 36.2 Å². The summed E-state index contributed by atoms with van der Waals surface area (Å²) in [5, 5.41) is 6.44. The minimum Gasteiger partial charge on any atom is -0.493 e. The molecule has 1 N–H and O–H groups in total. The number of hydrogen-bond donors (Lipinski definition) is 1. The topological polar surface area (TPSA) is 86.5 Å². The van der Waals surface area contributed by atoms with Crippen molar-refractivity contribution in [3.63, 3.8) is 0 Å². The monoisotopic (exact) mass is 371 g/mol. The predicted molar refractivity (Wildman–Crippen MR) is 94.8 cm³/mol. The van der Waals surface area contributed by atoms with Crippen LogP contribution in [0.1, 0.15) is 11.5 Å². The maximum absolute atomic E-state index is 13.7. The van der Waals surface area contributed by atoms with Gasteiger partial charge in [0.2, 0.25) is 17.6 Å². The molecular weight excluding hydrogens is 353 g/mol. The normalized spacial score (nSPS) is 10.5. The lowest BCUT2D eigenvalue weighted by Gasteiger charge is -2.09. The Kier molecular flexibility index (Phi) is 5.65. The summed E-state index contributed by atoms with van der Waals surface area (Å²) in [6.07, 6.45) is 0.147. The van der Waals surface area contributed by atoms with Gasteiger partial charge in [0.1, 0.15) is 5.82 Å². The molecule has 7 nitrogen and oxygen atoms in total. The molecule has 0 aliphatic carbocycles. The molecule has 2 aromatic carbocycles. The van der Waals surface area contributed by atoms with E-state index in [1.807, 2.05) is 0 Å². The van der Waals surface area contributed by atoms with Crippen molar-refractivity contribution >= 4 is 5.91 Å². The summed E-state index contributed by atoms with van der Waals surface area (Å²) in [4.78, 5) is 16.2. The highest BCUT2D eigenvalue weighted by atomic mass is 19.1. The molecule has 140 valence electrons. The van der Waals surface area contributed by atoms with Crippen LogP contribution in [0.4, 0.5) is 4.39 Å². The highest BCUT2D eigenvalue weighted by molar-refractivity contribution is 5.78. The number of carbonyl (C=O) groups is 1. The van der Waals surface area contributed by atoms with Gasteiger partial charge in [-0.3, -0.25) is 4.79 Å². The molecule has 0 unspecified atom stereocenters. The average Bonchev–Trinajstić information content (AvgIpc) is 3.15. The van der Waals surface area contributed by atoms with Crippen LogP contribution in [0, 0.1) is 5.82 Å². The number of nitrogens with zero attached hydrogens (tertiary/aromatic N) is 2. The van der Waals surface area contributed by atoms with E-state index in [0.29, 0.717) is 11.5 Å². The summed E-state index contributed by atoms with van der Waals surface area (Å²) in [7, 11) is 3.08. The van der Waals surface area contributed by atoms with Gasteiger partial charge < -0.3 is 19.3 Å². The molecule has 0 fully saturated rings. The molecule has 1 aromatic heterocycles. The Labute approximate surface area is 155 Å². The average molecular weight is 371 g/mol. The molecule has 1 heterocycles. The van der Waals surface area contributed by atoms with Crippen molar-refractivity contribution in [1.29, 1.82) is 0 Å². The largest absolute Gasteiger partial charge is 0.493 e. The fourth-order valence-corrected chi connectivity index (χ4v) is 2.49. The van der Waals surface area contributed by atoms with Gasteiger partial charge >= 0.3 is 0 Å². The third-order valence-corrected chi connectivity index (χ3v) is 3.83. The lowest BCUT2D eigenvalue weighted by atomic mass is 10.1. The van der Waals surface area contributed by atoms with Crippen LogP contribution in [0.2, 0.25) is 0 Å². The van der Waals surface area contributed by atoms with Crippen molar-refractivity contribution in [2.45, 2.75) is 13.0 Å². The number of hydrogen-bond acceptors (Lipinski definition) is 6. The Balaban J connectivity index is 1.59. The van der Waals surface area contributed by atoms with Gasteiger partial charge in [0.15, 0.2) is 11.5 Å². The Morgan fingerprint density at radius 1 is 1.15 bits per heavy atom. The Morgan fingerprint density at radius 2 is 1.93 bits per heavy atom. The van der Waals surface area contributed by atoms with E-state index >= 15 is 0 Å². The smallest absolute Gasteiger partial charge is 0.246 e. The zero-order chi connectivity index (χ0) is 19.2. The number of rotatable bonds is 7. The second-order valence-electron chi connectivity index (χ2n) is 5.63. The van der Waals surface area contributed by atoms with Crippen LogP contribution in [0.25, 0.3) is 11.4 Å². The van der Waals surface area contributed by atoms with E-state index in [1.165, 1.54) is 13.2 Å². The number of nitrogens with one attached hydrogen (secondary N) is 1. The van der Waals surface area contributed by atoms with Gasteiger partial charge in [-0.05, 0) is 29.8 Å². The second-order valence-corrected chi connectivity index (χ2v) is 5.63. The van der Waals surface area contributed by atoms with Crippen molar-refractivity contribution in [3.8, 4) is 22.9 Å². The first-order valence-corrected chi connectivity index (χ1v) is 8.15. The maximum atomic E-state index is 13.7. The molecule has 3 aromatic rings. The van der Waals surface area contributed by atoms with Crippen molar-refractivity contribution in [2.24, 2.45) is 0 Å². The fraction of sp³-hybridized carbons (Fsp3) is 0.211. The molecule has 0 spiro atoms. The zero-order valence-corrected chi connectivity index (χ0v) is 14.9. The van der Waals surface area contributed by atoms with Gasteiger partial charge in [-0.25, -0.2) is 4.39 Å². The van der Waals surface area contributed by atoms with Crippen LogP contribution >= 0.6 is 0 Å². The van der Waals surface area contributed by atoms with Gasteiger partial charge in [-0.1, -0.05) is 23.4 Å². The van der Waals surface area contributed by atoms with Crippen molar-refractivity contribution in [2.75, 3.05) is 14.2 Å². The summed E-state index contributed by atoms with van der Waals surface area (Å²) < 4.78 is 29.2. The Bertz CT molecular complexity index is 942. The lowest BCUT2D eigenvalue weighted by Crippen LogP contribution is -2.24. The summed E-state index contributed by atoms with van der Waals surface area (Å²) in [5.41, 5.74) is 1.01. The quantitative estimate of drug-likeness (QED) is 0.687. The summed E-state index contributed by atoms with van der Waals surface area (Å²) >= 11 is 0. The first-order valence-electron chi connectivity index (χ1n) is 8.15. The maximum Gasteiger partial charge on any atom is 0.246 e. The summed E-state index contributed by atoms with van der Waals surface area (Å²) in [6.45, 7) is 0.0492. The van der Waals surface area contributed by atoms with E-state index in [4.69, 9.17) is 14.0 Å². The molecule has 0 atom stereocenters. The van der Waals surface area contributed by atoms with Crippen LogP contribution in [0.15, 0.2) is 47.0 Å². The van der Waals surface area contributed by atoms with Gasteiger partial charge in [0, 0.05) is 0 Å². The Morgan fingerprint density at radius 3 is 2.67 bits per heavy atom. The van der Waals surface area contributed by atoms with Gasteiger partial charge in [-0.2, -0.15) is 4.98 Å². The third kappa shape index (κ3) is 4.41. The lowest BCUT2D eigenvalue weighted by molar-refractivity contribution is -0.120. The number of halogens is 1. The number of carbonyl (C=O) groups excluding carboxylic acids is 1. The van der Waals surface area contributed by atoms with E-state index in [0.717, 1.165) is 5.56 Å². The van der Waals surface area contributed by atoms with Crippen molar-refractivity contribution < 1.29 is 23.2 Å². The number of methoxy groups -OCH3 is 2. The second kappa shape index (κ2) is 8.31.